The van der Waals surface area contributed by atoms with Gasteiger partial charge in [0.15, 0.2) is 0 Å². The summed E-state index contributed by atoms with van der Waals surface area (Å²) in [5.74, 6) is -0.0394. The van der Waals surface area contributed by atoms with E-state index in [0.717, 1.165) is 11.1 Å². The maximum absolute atomic E-state index is 12.1. The lowest BCUT2D eigenvalue weighted by molar-refractivity contribution is 0.0784. The zero-order chi connectivity index (χ0) is 12.3. The number of amides is 1. The Hall–Kier alpha value is -2.17. The average Bonchev–Trinajstić information content (AvgIpc) is 2.80. The Morgan fingerprint density at radius 2 is 2.24 bits per heavy atom. The van der Waals surface area contributed by atoms with Crippen LogP contribution in [0.2, 0.25) is 0 Å². The molecular formula is C12H14N4O. The monoisotopic (exact) mass is 230 g/mol. The Labute approximate surface area is 99.5 Å². The normalized spacial score (nSPS) is 10.2. The third kappa shape index (κ3) is 2.69. The van der Waals surface area contributed by atoms with Gasteiger partial charge in [-0.25, -0.2) is 0 Å². The number of pyridine rings is 1. The number of aromatic nitrogens is 3. The highest BCUT2D eigenvalue weighted by Crippen LogP contribution is 2.07. The quantitative estimate of drug-likeness (QED) is 0.866. The smallest absolute Gasteiger partial charge is 0.255 e. The number of rotatable bonds is 3. The molecule has 0 saturated carbocycles. The van der Waals surface area contributed by atoms with Crippen LogP contribution in [0.5, 0.6) is 0 Å². The van der Waals surface area contributed by atoms with Crippen molar-refractivity contribution in [3.63, 3.8) is 0 Å². The highest BCUT2D eigenvalue weighted by molar-refractivity contribution is 5.93. The molecule has 2 rings (SSSR count). The summed E-state index contributed by atoms with van der Waals surface area (Å²) >= 11 is 0. The average molecular weight is 230 g/mol. The van der Waals surface area contributed by atoms with Gasteiger partial charge >= 0.3 is 0 Å². The molecule has 2 aromatic heterocycles. The molecule has 0 unspecified atom stereocenters. The van der Waals surface area contributed by atoms with Gasteiger partial charge < -0.3 is 4.90 Å². The molecule has 1 N–H and O–H groups in total. The van der Waals surface area contributed by atoms with Gasteiger partial charge in [-0.1, -0.05) is 0 Å². The molecule has 5 nitrogen and oxygen atoms in total. The molecule has 0 atom stereocenters. The maximum Gasteiger partial charge on any atom is 0.255 e. The molecule has 0 spiro atoms. The molecule has 5 heteroatoms. The Bertz CT molecular complexity index is 507. The van der Waals surface area contributed by atoms with E-state index in [2.05, 4.69) is 15.2 Å². The predicted molar refractivity (Wildman–Crippen MR) is 63.4 cm³/mol. The lowest BCUT2D eigenvalue weighted by Gasteiger charge is -2.16. The fourth-order valence-corrected chi connectivity index (χ4v) is 1.60. The zero-order valence-corrected chi connectivity index (χ0v) is 9.84. The predicted octanol–water partition coefficient (Wildman–Crippen LogP) is 1.39. The van der Waals surface area contributed by atoms with E-state index < -0.39 is 0 Å². The maximum atomic E-state index is 12.1. The van der Waals surface area contributed by atoms with Crippen molar-refractivity contribution in [2.75, 3.05) is 7.05 Å². The lowest BCUT2D eigenvalue weighted by atomic mass is 10.2. The molecule has 0 aliphatic rings. The number of carbonyl (C=O) groups is 1. The van der Waals surface area contributed by atoms with Crippen molar-refractivity contribution in [3.05, 3.63) is 47.5 Å². The molecule has 0 fully saturated rings. The molecule has 17 heavy (non-hydrogen) atoms. The Morgan fingerprint density at radius 1 is 1.41 bits per heavy atom. The van der Waals surface area contributed by atoms with Crippen molar-refractivity contribution in [3.8, 4) is 0 Å². The number of hydrogen-bond donors (Lipinski definition) is 1. The molecule has 88 valence electrons. The molecule has 0 saturated heterocycles. The van der Waals surface area contributed by atoms with E-state index in [1.165, 1.54) is 0 Å². The second kappa shape index (κ2) is 4.78. The zero-order valence-electron chi connectivity index (χ0n) is 9.84. The van der Waals surface area contributed by atoms with E-state index >= 15 is 0 Å². The highest BCUT2D eigenvalue weighted by atomic mass is 16.2. The molecule has 0 aromatic carbocycles. The topological polar surface area (TPSA) is 61.9 Å². The second-order valence-electron chi connectivity index (χ2n) is 4.02. The Kier molecular flexibility index (Phi) is 3.18. The lowest BCUT2D eigenvalue weighted by Crippen LogP contribution is -2.26. The Balaban J connectivity index is 2.09. The summed E-state index contributed by atoms with van der Waals surface area (Å²) in [6, 6.07) is 1.83. The molecule has 1 amide bonds. The van der Waals surface area contributed by atoms with E-state index in [1.807, 2.05) is 13.0 Å². The first-order chi connectivity index (χ1) is 8.16. The molecule has 2 heterocycles. The van der Waals surface area contributed by atoms with E-state index in [1.54, 1.807) is 36.7 Å². The van der Waals surface area contributed by atoms with Crippen molar-refractivity contribution < 1.29 is 4.79 Å². The number of H-pyrrole nitrogens is 1. The van der Waals surface area contributed by atoms with Gasteiger partial charge in [0.2, 0.25) is 0 Å². The van der Waals surface area contributed by atoms with Crippen LogP contribution < -0.4 is 0 Å². The van der Waals surface area contributed by atoms with E-state index in [4.69, 9.17) is 0 Å². The van der Waals surface area contributed by atoms with Crippen molar-refractivity contribution >= 4 is 5.91 Å². The van der Waals surface area contributed by atoms with Crippen LogP contribution >= 0.6 is 0 Å². The second-order valence-corrected chi connectivity index (χ2v) is 4.02. The standard InChI is InChI=1S/C12H14N4O/c1-9-3-11(7-13-4-9)12(17)16(2)8-10-5-14-15-6-10/h3-7H,8H2,1-2H3,(H,14,15). The number of nitrogens with zero attached hydrogens (tertiary/aromatic N) is 3. The third-order valence-corrected chi connectivity index (χ3v) is 2.44. The largest absolute Gasteiger partial charge is 0.337 e. The third-order valence-electron chi connectivity index (χ3n) is 2.44. The molecular weight excluding hydrogens is 216 g/mol. The Morgan fingerprint density at radius 3 is 2.88 bits per heavy atom. The van der Waals surface area contributed by atoms with Crippen LogP contribution in [0.25, 0.3) is 0 Å². The SMILES string of the molecule is Cc1cncc(C(=O)N(C)Cc2cn[nH]c2)c1. The van der Waals surface area contributed by atoms with Crippen LogP contribution in [0.15, 0.2) is 30.9 Å². The molecule has 0 aliphatic carbocycles. The van der Waals surface area contributed by atoms with E-state index in [0.29, 0.717) is 12.1 Å². The van der Waals surface area contributed by atoms with Gasteiger partial charge in [-0.05, 0) is 18.6 Å². The van der Waals surface area contributed by atoms with E-state index in [-0.39, 0.29) is 5.91 Å². The first-order valence-electron chi connectivity index (χ1n) is 5.31. The van der Waals surface area contributed by atoms with Crippen molar-refractivity contribution in [1.29, 1.82) is 0 Å². The highest BCUT2D eigenvalue weighted by Gasteiger charge is 2.12. The van der Waals surface area contributed by atoms with Gasteiger partial charge in [-0.3, -0.25) is 14.9 Å². The van der Waals surface area contributed by atoms with Crippen LogP contribution in [0.1, 0.15) is 21.5 Å². The van der Waals surface area contributed by atoms with Gasteiger partial charge in [0.05, 0.1) is 11.8 Å². The first kappa shape index (κ1) is 11.3. The van der Waals surface area contributed by atoms with E-state index in [9.17, 15) is 4.79 Å². The molecule has 0 radical (unpaired) electrons. The van der Waals surface area contributed by atoms with Crippen molar-refractivity contribution in [2.45, 2.75) is 13.5 Å². The molecule has 0 bridgehead atoms. The van der Waals surface area contributed by atoms with Gasteiger partial charge in [0.25, 0.3) is 5.91 Å². The van der Waals surface area contributed by atoms with Crippen LogP contribution in [0, 0.1) is 6.92 Å². The first-order valence-corrected chi connectivity index (χ1v) is 5.31. The van der Waals surface area contributed by atoms with Gasteiger partial charge in [0.1, 0.15) is 0 Å². The number of aromatic amines is 1. The van der Waals surface area contributed by atoms with Crippen molar-refractivity contribution in [1.82, 2.24) is 20.1 Å². The molecule has 2 aromatic rings. The number of carbonyl (C=O) groups excluding carboxylic acids is 1. The fourth-order valence-electron chi connectivity index (χ4n) is 1.60. The van der Waals surface area contributed by atoms with Crippen LogP contribution in [0.4, 0.5) is 0 Å². The summed E-state index contributed by atoms with van der Waals surface area (Å²) in [6.07, 6.45) is 6.80. The van der Waals surface area contributed by atoms with Crippen LogP contribution in [0.3, 0.4) is 0 Å². The summed E-state index contributed by atoms with van der Waals surface area (Å²) in [5, 5.41) is 6.57. The fraction of sp³-hybridized carbons (Fsp3) is 0.250. The van der Waals surface area contributed by atoms with Gasteiger partial charge in [-0.2, -0.15) is 5.10 Å². The van der Waals surface area contributed by atoms with Gasteiger partial charge in [-0.15, -0.1) is 0 Å². The summed E-state index contributed by atoms with van der Waals surface area (Å²) in [7, 11) is 1.76. The number of aryl methyl sites for hydroxylation is 1. The van der Waals surface area contributed by atoms with Crippen molar-refractivity contribution in [2.24, 2.45) is 0 Å². The minimum atomic E-state index is -0.0394. The summed E-state index contributed by atoms with van der Waals surface area (Å²) in [6.45, 7) is 2.45. The van der Waals surface area contributed by atoms with Crippen LogP contribution in [-0.2, 0) is 6.54 Å². The summed E-state index contributed by atoms with van der Waals surface area (Å²) in [4.78, 5) is 17.7. The van der Waals surface area contributed by atoms with Crippen LogP contribution in [-0.4, -0.2) is 33.0 Å². The number of hydrogen-bond acceptors (Lipinski definition) is 3. The molecule has 0 aliphatic heterocycles. The minimum absolute atomic E-state index is 0.0394. The summed E-state index contributed by atoms with van der Waals surface area (Å²) in [5.41, 5.74) is 2.56. The number of nitrogens with one attached hydrogen (secondary N) is 1. The van der Waals surface area contributed by atoms with Gasteiger partial charge in [0, 0.05) is 37.7 Å². The summed E-state index contributed by atoms with van der Waals surface area (Å²) < 4.78 is 0. The minimum Gasteiger partial charge on any atom is -0.337 e.